The molecule has 2 heterocycles. The highest BCUT2D eigenvalue weighted by Crippen LogP contribution is 2.35. The summed E-state index contributed by atoms with van der Waals surface area (Å²) >= 11 is 0. The second kappa shape index (κ2) is 7.54. The monoisotopic (exact) mass is 327 g/mol. The molecule has 1 unspecified atom stereocenters. The lowest BCUT2D eigenvalue weighted by molar-refractivity contribution is 0.0198. The Kier molecular flexibility index (Phi) is 5.42. The molecule has 1 aliphatic rings. The topological polar surface area (TPSA) is 36.6 Å². The number of hydrogen-bond acceptors (Lipinski definition) is 3. The molecule has 1 saturated heterocycles. The van der Waals surface area contributed by atoms with E-state index in [0.717, 1.165) is 56.8 Å². The van der Waals surface area contributed by atoms with Gasteiger partial charge in [-0.05, 0) is 63.3 Å². The number of benzene rings is 1. The van der Waals surface area contributed by atoms with Gasteiger partial charge >= 0.3 is 0 Å². The van der Waals surface area contributed by atoms with E-state index in [1.807, 2.05) is 6.92 Å². The first kappa shape index (κ1) is 17.2. The van der Waals surface area contributed by atoms with Crippen LogP contribution in [0.3, 0.4) is 0 Å². The van der Waals surface area contributed by atoms with Gasteiger partial charge in [-0.15, -0.1) is 0 Å². The van der Waals surface area contributed by atoms with E-state index in [9.17, 15) is 5.11 Å². The molecular formula is C21H29NO2. The molecule has 1 fully saturated rings. The average Bonchev–Trinajstić information content (AvgIpc) is 2.92. The number of piperidine rings is 1. The Morgan fingerprint density at radius 3 is 2.67 bits per heavy atom. The van der Waals surface area contributed by atoms with Gasteiger partial charge in [0.25, 0.3) is 0 Å². The van der Waals surface area contributed by atoms with E-state index in [4.69, 9.17) is 4.42 Å². The van der Waals surface area contributed by atoms with E-state index in [-0.39, 0.29) is 12.0 Å². The van der Waals surface area contributed by atoms with Crippen LogP contribution >= 0.6 is 0 Å². The summed E-state index contributed by atoms with van der Waals surface area (Å²) in [5, 5.41) is 10.1. The van der Waals surface area contributed by atoms with Crippen molar-refractivity contribution in [1.29, 1.82) is 0 Å². The van der Waals surface area contributed by atoms with E-state index < -0.39 is 0 Å². The van der Waals surface area contributed by atoms with Gasteiger partial charge in [0.1, 0.15) is 11.5 Å². The minimum Gasteiger partial charge on any atom is -0.465 e. The molecule has 24 heavy (non-hydrogen) atoms. The maximum Gasteiger partial charge on any atom is 0.118 e. The van der Waals surface area contributed by atoms with Gasteiger partial charge < -0.3 is 9.52 Å². The first-order chi connectivity index (χ1) is 11.6. The zero-order chi connectivity index (χ0) is 17.0. The van der Waals surface area contributed by atoms with Crippen LogP contribution in [0.15, 0.2) is 40.8 Å². The van der Waals surface area contributed by atoms with Crippen LogP contribution in [0.2, 0.25) is 0 Å². The predicted octanol–water partition coefficient (Wildman–Crippen LogP) is 4.10. The van der Waals surface area contributed by atoms with E-state index in [0.29, 0.717) is 0 Å². The zero-order valence-corrected chi connectivity index (χ0v) is 14.9. The summed E-state index contributed by atoms with van der Waals surface area (Å²) in [6, 6.07) is 12.8. The third kappa shape index (κ3) is 4.08. The fourth-order valence-corrected chi connectivity index (χ4v) is 3.86. The van der Waals surface area contributed by atoms with Crippen molar-refractivity contribution in [2.75, 3.05) is 19.7 Å². The van der Waals surface area contributed by atoms with E-state index in [1.165, 1.54) is 11.1 Å². The van der Waals surface area contributed by atoms with Gasteiger partial charge in [-0.2, -0.15) is 0 Å². The highest BCUT2D eigenvalue weighted by atomic mass is 16.3. The van der Waals surface area contributed by atoms with Crippen LogP contribution in [-0.4, -0.2) is 29.7 Å². The van der Waals surface area contributed by atoms with Crippen LogP contribution in [0.4, 0.5) is 0 Å². The smallest absolute Gasteiger partial charge is 0.118 e. The molecule has 3 nitrogen and oxygen atoms in total. The Morgan fingerprint density at radius 1 is 1.21 bits per heavy atom. The molecule has 1 aliphatic heterocycles. The third-order valence-corrected chi connectivity index (χ3v) is 5.46. The van der Waals surface area contributed by atoms with Gasteiger partial charge in [0.05, 0.1) is 6.54 Å². The Hall–Kier alpha value is -1.58. The number of aliphatic hydroxyl groups is 1. The maximum atomic E-state index is 10.1. The lowest BCUT2D eigenvalue weighted by Crippen LogP contribution is -2.45. The normalized spacial score (nSPS) is 22.0. The number of aryl methyl sites for hydroxylation is 3. The van der Waals surface area contributed by atoms with Crippen molar-refractivity contribution in [2.24, 2.45) is 5.41 Å². The Labute approximate surface area is 145 Å². The largest absolute Gasteiger partial charge is 0.465 e. The number of rotatable bonds is 6. The van der Waals surface area contributed by atoms with Crippen molar-refractivity contribution in [2.45, 2.75) is 46.1 Å². The molecule has 2 aromatic rings. The molecule has 0 bridgehead atoms. The van der Waals surface area contributed by atoms with Crippen LogP contribution in [-0.2, 0) is 13.0 Å². The fraction of sp³-hybridized carbons (Fsp3) is 0.524. The van der Waals surface area contributed by atoms with Crippen LogP contribution in [0, 0.1) is 19.3 Å². The van der Waals surface area contributed by atoms with Crippen LogP contribution in [0.25, 0.3) is 0 Å². The molecule has 1 aromatic heterocycles. The minimum atomic E-state index is 0.0186. The summed E-state index contributed by atoms with van der Waals surface area (Å²) in [5.41, 5.74) is 2.60. The molecule has 0 saturated carbocycles. The van der Waals surface area contributed by atoms with Crippen molar-refractivity contribution in [1.82, 2.24) is 4.90 Å². The van der Waals surface area contributed by atoms with Crippen molar-refractivity contribution >= 4 is 0 Å². The molecule has 1 atom stereocenters. The van der Waals surface area contributed by atoms with Gasteiger partial charge in [0.2, 0.25) is 0 Å². The molecule has 1 aromatic carbocycles. The summed E-state index contributed by atoms with van der Waals surface area (Å²) in [7, 11) is 0. The number of aliphatic hydroxyl groups excluding tert-OH is 1. The third-order valence-electron chi connectivity index (χ3n) is 5.46. The van der Waals surface area contributed by atoms with Crippen molar-refractivity contribution < 1.29 is 9.52 Å². The van der Waals surface area contributed by atoms with Crippen molar-refractivity contribution in [3.8, 4) is 0 Å². The van der Waals surface area contributed by atoms with Gasteiger partial charge in [0, 0.05) is 18.6 Å². The highest BCUT2D eigenvalue weighted by Gasteiger charge is 2.34. The zero-order valence-electron chi connectivity index (χ0n) is 14.9. The molecule has 130 valence electrons. The highest BCUT2D eigenvalue weighted by molar-refractivity contribution is 5.19. The lowest BCUT2D eigenvalue weighted by Gasteiger charge is -2.41. The summed E-state index contributed by atoms with van der Waals surface area (Å²) in [6.07, 6.45) is 4.34. The van der Waals surface area contributed by atoms with Crippen LogP contribution in [0.1, 0.15) is 41.9 Å². The van der Waals surface area contributed by atoms with Crippen LogP contribution < -0.4 is 0 Å². The number of furan rings is 1. The fourth-order valence-electron chi connectivity index (χ4n) is 3.86. The standard InChI is InChI=1S/C21H29NO2/c1-17-13-20(24-18(17)2)14-22-12-6-10-21(15-22,16-23)11-9-19-7-4-3-5-8-19/h3-5,7-8,13,23H,6,9-12,14-16H2,1-2H3. The number of hydrogen-bond donors (Lipinski definition) is 1. The van der Waals surface area contributed by atoms with E-state index >= 15 is 0 Å². The van der Waals surface area contributed by atoms with Crippen molar-refractivity contribution in [3.05, 3.63) is 59.0 Å². The van der Waals surface area contributed by atoms with Crippen molar-refractivity contribution in [3.63, 3.8) is 0 Å². The molecule has 1 N–H and O–H groups in total. The van der Waals surface area contributed by atoms with E-state index in [2.05, 4.69) is 48.2 Å². The molecular weight excluding hydrogens is 298 g/mol. The Morgan fingerprint density at radius 2 is 2.00 bits per heavy atom. The summed E-state index contributed by atoms with van der Waals surface area (Å²) in [6.45, 7) is 7.28. The average molecular weight is 327 g/mol. The van der Waals surface area contributed by atoms with Crippen LogP contribution in [0.5, 0.6) is 0 Å². The second-order valence-electron chi connectivity index (χ2n) is 7.41. The number of likely N-dealkylation sites (tertiary alicyclic amines) is 1. The quantitative estimate of drug-likeness (QED) is 0.867. The molecule has 0 amide bonds. The molecule has 0 radical (unpaired) electrons. The summed E-state index contributed by atoms with van der Waals surface area (Å²) in [4.78, 5) is 2.45. The molecule has 0 spiro atoms. The second-order valence-corrected chi connectivity index (χ2v) is 7.41. The SMILES string of the molecule is Cc1cc(CN2CCCC(CO)(CCc3ccccc3)C2)oc1C. The van der Waals surface area contributed by atoms with Gasteiger partial charge in [-0.25, -0.2) is 0 Å². The van der Waals surface area contributed by atoms with Gasteiger partial charge in [-0.3, -0.25) is 4.90 Å². The first-order valence-electron chi connectivity index (χ1n) is 9.03. The molecule has 0 aliphatic carbocycles. The minimum absolute atomic E-state index is 0.0186. The molecule has 3 rings (SSSR count). The molecule has 3 heteroatoms. The summed E-state index contributed by atoms with van der Waals surface area (Å²) < 4.78 is 5.84. The Bertz CT molecular complexity index is 630. The van der Waals surface area contributed by atoms with E-state index in [1.54, 1.807) is 0 Å². The predicted molar refractivity (Wildman–Crippen MR) is 97.0 cm³/mol. The first-order valence-corrected chi connectivity index (χ1v) is 9.03. The van der Waals surface area contributed by atoms with Gasteiger partial charge in [0.15, 0.2) is 0 Å². The lowest BCUT2D eigenvalue weighted by atomic mass is 9.76. The summed E-state index contributed by atoms with van der Waals surface area (Å²) in [5.74, 6) is 2.06. The number of nitrogens with zero attached hydrogens (tertiary/aromatic N) is 1. The Balaban J connectivity index is 1.63. The maximum absolute atomic E-state index is 10.1. The van der Waals surface area contributed by atoms with Gasteiger partial charge in [-0.1, -0.05) is 30.3 Å².